The molecule has 2 aromatic rings. The monoisotopic (exact) mass is 331 g/mol. The van der Waals surface area contributed by atoms with Crippen molar-refractivity contribution in [2.45, 2.75) is 48.7 Å². The summed E-state index contributed by atoms with van der Waals surface area (Å²) in [6.07, 6.45) is 6.87. The van der Waals surface area contributed by atoms with Gasteiger partial charge < -0.3 is 14.0 Å². The summed E-state index contributed by atoms with van der Waals surface area (Å²) in [5, 5.41) is 9.27. The maximum absolute atomic E-state index is 5.80. The molecule has 1 aliphatic carbocycles. The SMILES string of the molecule is c1cc(OC[C@@H]2CCCO2)ccc1CSc1nncn1C1CC1. The first-order valence-electron chi connectivity index (χ1n) is 8.24. The Hall–Kier alpha value is -1.53. The Balaban J connectivity index is 1.28. The molecule has 0 spiro atoms. The zero-order chi connectivity index (χ0) is 15.5. The molecule has 2 heterocycles. The number of benzene rings is 1. The lowest BCUT2D eigenvalue weighted by Crippen LogP contribution is -2.16. The van der Waals surface area contributed by atoms with E-state index in [1.807, 2.05) is 18.5 Å². The summed E-state index contributed by atoms with van der Waals surface area (Å²) in [4.78, 5) is 0. The van der Waals surface area contributed by atoms with Crippen LogP contribution in [0.5, 0.6) is 5.75 Å². The number of aromatic nitrogens is 3. The highest BCUT2D eigenvalue weighted by molar-refractivity contribution is 7.98. The lowest BCUT2D eigenvalue weighted by atomic mass is 10.2. The molecule has 0 amide bonds. The van der Waals surface area contributed by atoms with Crippen molar-refractivity contribution in [2.24, 2.45) is 0 Å². The van der Waals surface area contributed by atoms with Crippen molar-refractivity contribution >= 4 is 11.8 Å². The van der Waals surface area contributed by atoms with E-state index in [1.165, 1.54) is 18.4 Å². The van der Waals surface area contributed by atoms with E-state index in [4.69, 9.17) is 9.47 Å². The Morgan fingerprint density at radius 3 is 2.83 bits per heavy atom. The van der Waals surface area contributed by atoms with Crippen LogP contribution >= 0.6 is 11.8 Å². The Kier molecular flexibility index (Phi) is 4.52. The van der Waals surface area contributed by atoms with Gasteiger partial charge >= 0.3 is 0 Å². The second-order valence-electron chi connectivity index (χ2n) is 6.13. The third-order valence-corrected chi connectivity index (χ3v) is 5.26. The molecule has 0 unspecified atom stereocenters. The molecule has 1 aliphatic heterocycles. The molecular weight excluding hydrogens is 310 g/mol. The van der Waals surface area contributed by atoms with Gasteiger partial charge in [0.25, 0.3) is 0 Å². The Morgan fingerprint density at radius 1 is 1.22 bits per heavy atom. The van der Waals surface area contributed by atoms with E-state index in [2.05, 4.69) is 26.9 Å². The zero-order valence-corrected chi connectivity index (χ0v) is 13.9. The maximum atomic E-state index is 5.80. The molecule has 5 nitrogen and oxygen atoms in total. The van der Waals surface area contributed by atoms with Crippen molar-refractivity contribution in [3.8, 4) is 5.75 Å². The van der Waals surface area contributed by atoms with E-state index in [-0.39, 0.29) is 6.10 Å². The quantitative estimate of drug-likeness (QED) is 0.727. The second kappa shape index (κ2) is 6.93. The number of hydrogen-bond acceptors (Lipinski definition) is 5. The predicted octanol–water partition coefficient (Wildman–Crippen LogP) is 3.46. The van der Waals surface area contributed by atoms with Crippen molar-refractivity contribution in [3.05, 3.63) is 36.2 Å². The van der Waals surface area contributed by atoms with Crippen molar-refractivity contribution in [3.63, 3.8) is 0 Å². The van der Waals surface area contributed by atoms with E-state index in [0.29, 0.717) is 12.6 Å². The fourth-order valence-corrected chi connectivity index (χ4v) is 3.67. The Morgan fingerprint density at radius 2 is 2.09 bits per heavy atom. The summed E-state index contributed by atoms with van der Waals surface area (Å²) in [5.74, 6) is 1.81. The van der Waals surface area contributed by atoms with Gasteiger partial charge in [0, 0.05) is 18.4 Å². The maximum Gasteiger partial charge on any atom is 0.191 e. The normalized spacial score (nSPS) is 20.8. The number of hydrogen-bond donors (Lipinski definition) is 0. The fourth-order valence-electron chi connectivity index (χ4n) is 2.73. The van der Waals surface area contributed by atoms with Gasteiger partial charge in [-0.1, -0.05) is 23.9 Å². The predicted molar refractivity (Wildman–Crippen MR) is 88.8 cm³/mol. The Bertz CT molecular complexity index is 634. The molecular formula is C17H21N3O2S. The molecule has 4 rings (SSSR count). The first kappa shape index (κ1) is 15.0. The van der Waals surface area contributed by atoms with E-state index < -0.39 is 0 Å². The lowest BCUT2D eigenvalue weighted by molar-refractivity contribution is 0.0679. The highest BCUT2D eigenvalue weighted by Crippen LogP contribution is 2.37. The van der Waals surface area contributed by atoms with E-state index in [9.17, 15) is 0 Å². The molecule has 23 heavy (non-hydrogen) atoms. The number of ether oxygens (including phenoxy) is 2. The highest BCUT2D eigenvalue weighted by Gasteiger charge is 2.26. The second-order valence-corrected chi connectivity index (χ2v) is 7.07. The van der Waals surface area contributed by atoms with Gasteiger partial charge in [0.2, 0.25) is 0 Å². The minimum atomic E-state index is 0.263. The van der Waals surface area contributed by atoms with Gasteiger partial charge in [-0.25, -0.2) is 0 Å². The molecule has 2 aliphatic rings. The molecule has 1 saturated heterocycles. The molecule has 122 valence electrons. The van der Waals surface area contributed by atoms with Gasteiger partial charge in [-0.15, -0.1) is 10.2 Å². The van der Waals surface area contributed by atoms with Crippen molar-refractivity contribution in [1.82, 2.24) is 14.8 Å². The summed E-state index contributed by atoms with van der Waals surface area (Å²) in [6.45, 7) is 1.52. The molecule has 0 N–H and O–H groups in total. The number of thioether (sulfide) groups is 1. The van der Waals surface area contributed by atoms with Crippen LogP contribution in [0.15, 0.2) is 35.7 Å². The van der Waals surface area contributed by atoms with Crippen LogP contribution in [0, 0.1) is 0 Å². The molecule has 1 saturated carbocycles. The summed E-state index contributed by atoms with van der Waals surface area (Å²) in [7, 11) is 0. The van der Waals surface area contributed by atoms with Crippen LogP contribution in [0.2, 0.25) is 0 Å². The minimum absolute atomic E-state index is 0.263. The molecule has 0 bridgehead atoms. The van der Waals surface area contributed by atoms with Crippen LogP contribution in [-0.4, -0.2) is 34.1 Å². The van der Waals surface area contributed by atoms with Crippen molar-refractivity contribution < 1.29 is 9.47 Å². The third-order valence-electron chi connectivity index (χ3n) is 4.23. The van der Waals surface area contributed by atoms with Crippen LogP contribution in [0.3, 0.4) is 0 Å². The van der Waals surface area contributed by atoms with Crippen molar-refractivity contribution in [1.29, 1.82) is 0 Å². The van der Waals surface area contributed by atoms with Crippen LogP contribution in [0.1, 0.15) is 37.3 Å². The largest absolute Gasteiger partial charge is 0.491 e. The number of nitrogens with zero attached hydrogens (tertiary/aromatic N) is 3. The van der Waals surface area contributed by atoms with Crippen LogP contribution < -0.4 is 4.74 Å². The molecule has 1 atom stereocenters. The first-order chi connectivity index (χ1) is 11.4. The molecule has 1 aromatic carbocycles. The molecule has 2 fully saturated rings. The minimum Gasteiger partial charge on any atom is -0.491 e. The summed E-state index contributed by atoms with van der Waals surface area (Å²) >= 11 is 1.74. The zero-order valence-electron chi connectivity index (χ0n) is 13.1. The Labute approximate surface area is 140 Å². The van der Waals surface area contributed by atoms with Crippen molar-refractivity contribution in [2.75, 3.05) is 13.2 Å². The van der Waals surface area contributed by atoms with E-state index in [1.54, 1.807) is 11.8 Å². The summed E-state index contributed by atoms with van der Waals surface area (Å²) < 4.78 is 13.6. The third kappa shape index (κ3) is 3.87. The van der Waals surface area contributed by atoms with Gasteiger partial charge in [-0.2, -0.15) is 0 Å². The van der Waals surface area contributed by atoms with Gasteiger partial charge in [-0.3, -0.25) is 0 Å². The van der Waals surface area contributed by atoms with Crippen LogP contribution in [0.25, 0.3) is 0 Å². The van der Waals surface area contributed by atoms with Gasteiger partial charge in [-0.05, 0) is 43.4 Å². The average molecular weight is 331 g/mol. The van der Waals surface area contributed by atoms with E-state index in [0.717, 1.165) is 36.1 Å². The van der Waals surface area contributed by atoms with Gasteiger partial charge in [0.15, 0.2) is 5.16 Å². The highest BCUT2D eigenvalue weighted by atomic mass is 32.2. The smallest absolute Gasteiger partial charge is 0.191 e. The molecule has 1 aromatic heterocycles. The summed E-state index contributed by atoms with van der Waals surface area (Å²) in [5.41, 5.74) is 1.27. The van der Waals surface area contributed by atoms with E-state index >= 15 is 0 Å². The van der Waals surface area contributed by atoms with Crippen LogP contribution in [-0.2, 0) is 10.5 Å². The van der Waals surface area contributed by atoms with Gasteiger partial charge in [0.1, 0.15) is 18.7 Å². The lowest BCUT2D eigenvalue weighted by Gasteiger charge is -2.11. The topological polar surface area (TPSA) is 49.2 Å². The first-order valence-corrected chi connectivity index (χ1v) is 9.23. The van der Waals surface area contributed by atoms with Gasteiger partial charge in [0.05, 0.1) is 6.10 Å². The van der Waals surface area contributed by atoms with Crippen LogP contribution in [0.4, 0.5) is 0 Å². The fraction of sp³-hybridized carbons (Fsp3) is 0.529. The summed E-state index contributed by atoms with van der Waals surface area (Å²) in [6, 6.07) is 8.94. The molecule has 0 radical (unpaired) electrons. The molecule has 6 heteroatoms. The average Bonchev–Trinajstić information content (AvgIpc) is 3.11. The standard InChI is InChI=1S/C17H21N3O2S/c1-2-16(21-9-1)10-22-15-7-3-13(4-8-15)11-23-17-19-18-12-20(17)14-5-6-14/h3-4,7-8,12,14,16H,1-2,5-6,9-11H2/t16-/m0/s1. The number of rotatable bonds is 7.